The first kappa shape index (κ1) is 17.2. The normalized spacial score (nSPS) is 10.6. The van der Waals surface area contributed by atoms with Crippen molar-refractivity contribution in [1.82, 2.24) is 0 Å². The Hall–Kier alpha value is -2.17. The summed E-state index contributed by atoms with van der Waals surface area (Å²) in [4.78, 5) is 12.2. The molecule has 23 heavy (non-hydrogen) atoms. The second kappa shape index (κ2) is 7.90. The molecule has 1 N–H and O–H groups in total. The van der Waals surface area contributed by atoms with Crippen LogP contribution in [0.2, 0.25) is 10.0 Å². The van der Waals surface area contributed by atoms with Gasteiger partial charge in [0.1, 0.15) is 0 Å². The van der Waals surface area contributed by atoms with Crippen LogP contribution in [-0.4, -0.2) is 20.0 Å². The molecule has 0 heterocycles. The van der Waals surface area contributed by atoms with Gasteiger partial charge in [-0.2, -0.15) is 0 Å². The van der Waals surface area contributed by atoms with Crippen LogP contribution in [0.3, 0.4) is 0 Å². The van der Waals surface area contributed by atoms with Gasteiger partial charge in [0, 0.05) is 22.9 Å². The first-order valence-electron chi connectivity index (χ1n) is 6.69. The molecule has 2 aromatic rings. The Kier molecular flexibility index (Phi) is 5.90. The number of anilines is 1. The summed E-state index contributed by atoms with van der Waals surface area (Å²) in [7, 11) is 3.06. The van der Waals surface area contributed by atoms with E-state index in [-0.39, 0.29) is 5.78 Å². The summed E-state index contributed by atoms with van der Waals surface area (Å²) < 4.78 is 10.3. The van der Waals surface area contributed by atoms with Gasteiger partial charge in [0.05, 0.1) is 24.9 Å². The zero-order valence-corrected chi connectivity index (χ0v) is 14.1. The zero-order valence-electron chi connectivity index (χ0n) is 12.6. The number of carbonyl (C=O) groups is 1. The fourth-order valence-corrected chi connectivity index (χ4v) is 2.25. The Labute approximate surface area is 144 Å². The van der Waals surface area contributed by atoms with Crippen molar-refractivity contribution in [2.24, 2.45) is 0 Å². The summed E-state index contributed by atoms with van der Waals surface area (Å²) in [6.45, 7) is 0. The molecule has 0 aromatic heterocycles. The van der Waals surface area contributed by atoms with Crippen LogP contribution in [0.4, 0.5) is 5.69 Å². The fourth-order valence-electron chi connectivity index (χ4n) is 1.90. The van der Waals surface area contributed by atoms with Gasteiger partial charge in [-0.25, -0.2) is 0 Å². The molecule has 0 aliphatic heterocycles. The van der Waals surface area contributed by atoms with Crippen molar-refractivity contribution in [3.63, 3.8) is 0 Å². The maximum atomic E-state index is 12.2. The largest absolute Gasteiger partial charge is 0.493 e. The van der Waals surface area contributed by atoms with Crippen LogP contribution in [0.15, 0.2) is 48.7 Å². The van der Waals surface area contributed by atoms with Crippen LogP contribution in [0, 0.1) is 0 Å². The summed E-state index contributed by atoms with van der Waals surface area (Å²) in [5.74, 6) is 0.881. The van der Waals surface area contributed by atoms with Crippen LogP contribution in [0.1, 0.15) is 10.4 Å². The Bertz CT molecular complexity index is 745. The minimum Gasteiger partial charge on any atom is -0.493 e. The lowest BCUT2D eigenvalue weighted by atomic mass is 10.1. The van der Waals surface area contributed by atoms with E-state index in [2.05, 4.69) is 5.32 Å². The number of ketones is 1. The molecular weight excluding hydrogens is 337 g/mol. The molecule has 4 nitrogen and oxygen atoms in total. The molecule has 0 aliphatic carbocycles. The number of ether oxygens (including phenoxy) is 2. The average Bonchev–Trinajstić information content (AvgIpc) is 2.57. The average molecular weight is 352 g/mol. The lowest BCUT2D eigenvalue weighted by Crippen LogP contribution is -1.99. The highest BCUT2D eigenvalue weighted by Crippen LogP contribution is 2.28. The third-order valence-corrected chi connectivity index (χ3v) is 3.63. The lowest BCUT2D eigenvalue weighted by Gasteiger charge is -2.08. The monoisotopic (exact) mass is 351 g/mol. The smallest absolute Gasteiger partial charge is 0.187 e. The van der Waals surface area contributed by atoms with Crippen LogP contribution in [0.5, 0.6) is 11.5 Å². The Morgan fingerprint density at radius 1 is 1.04 bits per heavy atom. The molecule has 0 fully saturated rings. The number of rotatable bonds is 6. The number of hydrogen-bond acceptors (Lipinski definition) is 4. The SMILES string of the molecule is COc1ccc(C(=O)C=CNc2cc(Cl)ccc2Cl)cc1OC. The van der Waals surface area contributed by atoms with Gasteiger partial charge < -0.3 is 14.8 Å². The van der Waals surface area contributed by atoms with Crippen LogP contribution >= 0.6 is 23.2 Å². The summed E-state index contributed by atoms with van der Waals surface area (Å²) in [6, 6.07) is 10.0. The maximum absolute atomic E-state index is 12.2. The first-order chi connectivity index (χ1) is 11.0. The highest BCUT2D eigenvalue weighted by Gasteiger charge is 2.08. The molecule has 2 rings (SSSR count). The number of halogens is 2. The molecule has 2 aromatic carbocycles. The summed E-state index contributed by atoms with van der Waals surface area (Å²) in [5, 5.41) is 4.00. The maximum Gasteiger partial charge on any atom is 0.187 e. The van der Waals surface area contributed by atoms with Crippen molar-refractivity contribution >= 4 is 34.7 Å². The molecule has 0 atom stereocenters. The zero-order chi connectivity index (χ0) is 16.8. The molecule has 120 valence electrons. The van der Waals surface area contributed by atoms with Gasteiger partial charge in [-0.15, -0.1) is 0 Å². The van der Waals surface area contributed by atoms with Gasteiger partial charge >= 0.3 is 0 Å². The minimum absolute atomic E-state index is 0.184. The standard InChI is InChI=1S/C17H15Cl2NO3/c1-22-16-6-3-11(9-17(16)23-2)15(21)7-8-20-14-10-12(18)4-5-13(14)19/h3-10,20H,1-2H3. The molecular formula is C17H15Cl2NO3. The van der Waals surface area contributed by atoms with Crippen LogP contribution in [0.25, 0.3) is 0 Å². The van der Waals surface area contributed by atoms with Gasteiger partial charge in [0.15, 0.2) is 17.3 Å². The van der Waals surface area contributed by atoms with E-state index in [4.69, 9.17) is 32.7 Å². The Balaban J connectivity index is 2.11. The summed E-state index contributed by atoms with van der Waals surface area (Å²) in [5.41, 5.74) is 1.11. The highest BCUT2D eigenvalue weighted by atomic mass is 35.5. The predicted molar refractivity (Wildman–Crippen MR) is 93.1 cm³/mol. The van der Waals surface area contributed by atoms with Crippen LogP contribution < -0.4 is 14.8 Å². The van der Waals surface area contributed by atoms with Crippen molar-refractivity contribution in [3.05, 3.63) is 64.3 Å². The Morgan fingerprint density at radius 2 is 1.78 bits per heavy atom. The fraction of sp³-hybridized carbons (Fsp3) is 0.118. The molecule has 6 heteroatoms. The van der Waals surface area contributed by atoms with E-state index in [1.165, 1.54) is 26.5 Å². The third-order valence-electron chi connectivity index (χ3n) is 3.07. The van der Waals surface area contributed by atoms with Gasteiger partial charge in [-0.05, 0) is 36.4 Å². The molecule has 0 amide bonds. The first-order valence-corrected chi connectivity index (χ1v) is 7.45. The van der Waals surface area contributed by atoms with Gasteiger partial charge in [-0.1, -0.05) is 23.2 Å². The number of allylic oxidation sites excluding steroid dienone is 1. The molecule has 0 bridgehead atoms. The lowest BCUT2D eigenvalue weighted by molar-refractivity contribution is 0.104. The molecule has 0 aliphatic rings. The second-order valence-electron chi connectivity index (χ2n) is 4.54. The van der Waals surface area contributed by atoms with Gasteiger partial charge in [0.2, 0.25) is 0 Å². The second-order valence-corrected chi connectivity index (χ2v) is 5.38. The van der Waals surface area contributed by atoms with Crippen molar-refractivity contribution in [2.45, 2.75) is 0 Å². The number of hydrogen-bond donors (Lipinski definition) is 1. The van der Waals surface area contributed by atoms with E-state index in [9.17, 15) is 4.79 Å². The van der Waals surface area contributed by atoms with Crippen molar-refractivity contribution < 1.29 is 14.3 Å². The number of benzene rings is 2. The van der Waals surface area contributed by atoms with Gasteiger partial charge in [-0.3, -0.25) is 4.79 Å². The quantitative estimate of drug-likeness (QED) is 0.598. The number of methoxy groups -OCH3 is 2. The highest BCUT2D eigenvalue weighted by molar-refractivity contribution is 6.35. The molecule has 0 saturated heterocycles. The molecule has 0 saturated carbocycles. The van der Waals surface area contributed by atoms with Gasteiger partial charge in [0.25, 0.3) is 0 Å². The van der Waals surface area contributed by atoms with E-state index >= 15 is 0 Å². The summed E-state index contributed by atoms with van der Waals surface area (Å²) >= 11 is 11.9. The predicted octanol–water partition coefficient (Wildman–Crippen LogP) is 4.82. The van der Waals surface area contributed by atoms with Crippen molar-refractivity contribution in [2.75, 3.05) is 19.5 Å². The van der Waals surface area contributed by atoms with Crippen molar-refractivity contribution in [1.29, 1.82) is 0 Å². The number of carbonyl (C=O) groups excluding carboxylic acids is 1. The summed E-state index contributed by atoms with van der Waals surface area (Å²) in [6.07, 6.45) is 2.91. The molecule has 0 radical (unpaired) electrons. The molecule has 0 spiro atoms. The minimum atomic E-state index is -0.184. The Morgan fingerprint density at radius 3 is 2.48 bits per heavy atom. The molecule has 0 unspecified atom stereocenters. The van der Waals surface area contributed by atoms with E-state index in [1.54, 1.807) is 36.4 Å². The van der Waals surface area contributed by atoms with E-state index in [0.29, 0.717) is 32.8 Å². The van der Waals surface area contributed by atoms with E-state index in [0.717, 1.165) is 0 Å². The number of nitrogens with one attached hydrogen (secondary N) is 1. The van der Waals surface area contributed by atoms with E-state index < -0.39 is 0 Å². The van der Waals surface area contributed by atoms with Crippen molar-refractivity contribution in [3.8, 4) is 11.5 Å². The van der Waals surface area contributed by atoms with Crippen LogP contribution in [-0.2, 0) is 0 Å². The van der Waals surface area contributed by atoms with E-state index in [1.807, 2.05) is 0 Å². The third kappa shape index (κ3) is 4.41. The topological polar surface area (TPSA) is 47.6 Å².